The Bertz CT molecular complexity index is 931. The van der Waals surface area contributed by atoms with Crippen LogP contribution in [0.4, 0.5) is 0 Å². The second kappa shape index (κ2) is 8.55. The molecule has 0 heterocycles. The first-order valence-corrected chi connectivity index (χ1v) is 14.0. The zero-order chi connectivity index (χ0) is 18.6. The van der Waals surface area contributed by atoms with Crippen LogP contribution >= 0.6 is 0 Å². The molecule has 0 saturated carbocycles. The Morgan fingerprint density at radius 3 is 1.75 bits per heavy atom. The van der Waals surface area contributed by atoms with Gasteiger partial charge in [-0.15, -0.1) is 0 Å². The molecule has 3 heteroatoms. The first-order chi connectivity index (χ1) is 12.3. The van der Waals surface area contributed by atoms with Gasteiger partial charge in [-0.05, 0) is 0 Å². The summed E-state index contributed by atoms with van der Waals surface area (Å²) < 4.78 is 7.19. The third-order valence-electron chi connectivity index (χ3n) is 6.02. The van der Waals surface area contributed by atoms with E-state index in [1.165, 1.54) is 22.3 Å². The molecule has 2 aliphatic carbocycles. The van der Waals surface area contributed by atoms with Crippen molar-refractivity contribution < 1.29 is 46.1 Å². The molecule has 0 nitrogen and oxygen atoms in total. The molecule has 1 unspecified atom stereocenters. The summed E-state index contributed by atoms with van der Waals surface area (Å²) in [6.45, 7) is 11.8. The standard InChI is InChI=1S/C13H9.C11H17.CH2.2ClH.Zr/c1-3-7-12-10(5-1)9-11-6-2-4-8-13(11)12;1-8-6-9(2)10(7-8)11(3,4)5;;;;/h1-9H;7-8H,1-5H3;1H2;2*1H;/q;;;;;+2/p-2. The summed E-state index contributed by atoms with van der Waals surface area (Å²) in [6, 6.07) is 18.0. The number of allylic oxidation sites excluding steroid dienone is 4. The van der Waals surface area contributed by atoms with Crippen LogP contribution in [0.15, 0.2) is 69.0 Å². The molecule has 4 rings (SSSR count). The van der Waals surface area contributed by atoms with Gasteiger partial charge >= 0.3 is 166 Å². The van der Waals surface area contributed by atoms with Crippen molar-refractivity contribution >= 4 is 4.21 Å². The average Bonchev–Trinajstić information content (AvgIpc) is 3.09. The normalized spacial score (nSPS) is 17.7. The van der Waals surface area contributed by atoms with Gasteiger partial charge in [0, 0.05) is 0 Å². The fourth-order valence-electron chi connectivity index (χ4n) is 4.98. The van der Waals surface area contributed by atoms with E-state index in [1.54, 1.807) is 14.4 Å². The third kappa shape index (κ3) is 3.71. The van der Waals surface area contributed by atoms with Gasteiger partial charge in [0.2, 0.25) is 0 Å². The molecule has 2 aromatic carbocycles. The number of halogens is 2. The number of hydrogen-bond acceptors (Lipinski definition) is 0. The van der Waals surface area contributed by atoms with Gasteiger partial charge in [-0.1, -0.05) is 0 Å². The predicted octanol–water partition coefficient (Wildman–Crippen LogP) is 0.711. The molecule has 0 fully saturated rings. The first-order valence-electron chi connectivity index (χ1n) is 9.61. The maximum absolute atomic E-state index is 4.92. The minimum atomic E-state index is -2.13. The van der Waals surface area contributed by atoms with E-state index < -0.39 is 21.3 Å². The van der Waals surface area contributed by atoms with Gasteiger partial charge in [0.1, 0.15) is 0 Å². The van der Waals surface area contributed by atoms with Crippen molar-refractivity contribution in [3.05, 3.63) is 80.2 Å². The largest absolute Gasteiger partial charge is 1.00 e. The molecule has 2 aliphatic rings. The minimum Gasteiger partial charge on any atom is -1.00 e. The van der Waals surface area contributed by atoms with E-state index in [-0.39, 0.29) is 30.2 Å². The number of fused-ring (bicyclic) bond motifs is 3. The van der Waals surface area contributed by atoms with Crippen molar-refractivity contribution in [2.45, 2.75) is 38.2 Å². The van der Waals surface area contributed by atoms with Crippen LogP contribution in [-0.4, -0.2) is 4.21 Å². The summed E-state index contributed by atoms with van der Waals surface area (Å²) in [6.07, 6.45) is 2.52. The Morgan fingerprint density at radius 2 is 1.32 bits per heavy atom. The summed E-state index contributed by atoms with van der Waals surface area (Å²) in [5.41, 5.74) is 9.22. The number of rotatable bonds is 2. The van der Waals surface area contributed by atoms with Gasteiger partial charge in [0.25, 0.3) is 0 Å². The van der Waals surface area contributed by atoms with Gasteiger partial charge < -0.3 is 24.8 Å². The Balaban J connectivity index is 0.00000140. The molecule has 0 spiro atoms. The molecular formula is C25H28Cl2Zr. The Hall–Kier alpha value is -0.747. The summed E-state index contributed by atoms with van der Waals surface area (Å²) >= 11 is -2.13. The zero-order valence-corrected chi connectivity index (χ0v) is 21.3. The Labute approximate surface area is 190 Å². The van der Waals surface area contributed by atoms with Crippen molar-refractivity contribution in [3.8, 4) is 11.1 Å². The summed E-state index contributed by atoms with van der Waals surface area (Å²) in [7, 11) is 0. The Kier molecular flexibility index (Phi) is 7.18. The average molecular weight is 491 g/mol. The molecule has 0 amide bonds. The molecule has 2 aromatic rings. The van der Waals surface area contributed by atoms with E-state index in [9.17, 15) is 0 Å². The van der Waals surface area contributed by atoms with Crippen molar-refractivity contribution in [1.29, 1.82) is 0 Å². The van der Waals surface area contributed by atoms with Crippen LogP contribution in [0, 0.1) is 11.3 Å². The van der Waals surface area contributed by atoms with E-state index in [1.807, 2.05) is 0 Å². The maximum atomic E-state index is 4.92. The second-order valence-corrected chi connectivity index (χ2v) is 14.1. The van der Waals surface area contributed by atoms with E-state index >= 15 is 0 Å². The topological polar surface area (TPSA) is 0 Å². The second-order valence-electron chi connectivity index (χ2n) is 8.79. The molecule has 1 atom stereocenters. The van der Waals surface area contributed by atoms with Crippen molar-refractivity contribution in [2.75, 3.05) is 0 Å². The molecule has 146 valence electrons. The maximum Gasteiger partial charge on any atom is -1.00 e. The fraction of sp³-hybridized carbons (Fsp3) is 0.320. The van der Waals surface area contributed by atoms with Gasteiger partial charge in [0.15, 0.2) is 0 Å². The molecule has 0 aromatic heterocycles. The zero-order valence-electron chi connectivity index (χ0n) is 17.3. The van der Waals surface area contributed by atoms with Crippen molar-refractivity contribution in [1.82, 2.24) is 0 Å². The van der Waals surface area contributed by atoms with Gasteiger partial charge in [-0.3, -0.25) is 0 Å². The quantitative estimate of drug-likeness (QED) is 0.582. The van der Waals surface area contributed by atoms with Crippen LogP contribution < -0.4 is 24.8 Å². The van der Waals surface area contributed by atoms with Gasteiger partial charge in [-0.2, -0.15) is 0 Å². The van der Waals surface area contributed by atoms with Crippen molar-refractivity contribution in [2.24, 2.45) is 11.3 Å². The molecule has 0 bridgehead atoms. The SMILES string of the molecule is [CH2]=[Zr+2]([C]1=C(C)C(C(C)(C)C)=CC1C)[CH]1c2ccccc2-c2ccccc21.[Cl-].[Cl-]. The summed E-state index contributed by atoms with van der Waals surface area (Å²) in [4.78, 5) is 0. The van der Waals surface area contributed by atoms with E-state index in [4.69, 9.17) is 4.21 Å². The molecule has 0 N–H and O–H groups in total. The van der Waals surface area contributed by atoms with Crippen LogP contribution in [0.1, 0.15) is 49.4 Å². The fourth-order valence-corrected chi connectivity index (χ4v) is 12.0. The summed E-state index contributed by atoms with van der Waals surface area (Å²) in [5, 5.41) is 0. The molecular weight excluding hydrogens is 462 g/mol. The van der Waals surface area contributed by atoms with Crippen LogP contribution in [0.25, 0.3) is 11.1 Å². The van der Waals surface area contributed by atoms with Crippen molar-refractivity contribution in [3.63, 3.8) is 0 Å². The molecule has 28 heavy (non-hydrogen) atoms. The van der Waals surface area contributed by atoms with Crippen LogP contribution in [0.2, 0.25) is 0 Å². The number of benzene rings is 2. The van der Waals surface area contributed by atoms with Gasteiger partial charge in [0.05, 0.1) is 0 Å². The molecule has 0 aliphatic heterocycles. The van der Waals surface area contributed by atoms with E-state index in [0.29, 0.717) is 9.54 Å². The van der Waals surface area contributed by atoms with Crippen LogP contribution in [0.3, 0.4) is 0 Å². The smallest absolute Gasteiger partial charge is 1.00 e. The number of hydrogen-bond donors (Lipinski definition) is 0. The molecule has 0 saturated heterocycles. The van der Waals surface area contributed by atoms with E-state index in [0.717, 1.165) is 0 Å². The summed E-state index contributed by atoms with van der Waals surface area (Å²) in [5.74, 6) is 0.552. The third-order valence-corrected chi connectivity index (χ3v) is 13.0. The predicted molar refractivity (Wildman–Crippen MR) is 110 cm³/mol. The van der Waals surface area contributed by atoms with Crippen LogP contribution in [0.5, 0.6) is 0 Å². The minimum absolute atomic E-state index is 0. The monoisotopic (exact) mass is 488 g/mol. The molecule has 0 radical (unpaired) electrons. The van der Waals surface area contributed by atoms with Gasteiger partial charge in [-0.25, -0.2) is 0 Å². The van der Waals surface area contributed by atoms with Crippen LogP contribution in [-0.2, 0) is 21.3 Å². The Morgan fingerprint density at radius 1 is 0.857 bits per heavy atom. The van der Waals surface area contributed by atoms with E-state index in [2.05, 4.69) is 89.2 Å². The first kappa shape index (κ1) is 23.5.